The van der Waals surface area contributed by atoms with Gasteiger partial charge in [-0.3, -0.25) is 0 Å². The smallest absolute Gasteiger partial charge is 0.0125 e. The van der Waals surface area contributed by atoms with Crippen LogP contribution in [-0.4, -0.2) is 23.0 Å². The van der Waals surface area contributed by atoms with E-state index in [1.54, 1.807) is 11.1 Å². The summed E-state index contributed by atoms with van der Waals surface area (Å²) >= 11 is 14.5. The summed E-state index contributed by atoms with van der Waals surface area (Å²) in [5.41, 5.74) is 3.13. The SMILES string of the molecule is ClC=CCSCCSCC=CCl. The van der Waals surface area contributed by atoms with E-state index in [2.05, 4.69) is 0 Å². The van der Waals surface area contributed by atoms with Crippen molar-refractivity contribution in [2.24, 2.45) is 0 Å². The van der Waals surface area contributed by atoms with Gasteiger partial charge in [-0.25, -0.2) is 0 Å². The van der Waals surface area contributed by atoms with Gasteiger partial charge in [0, 0.05) is 34.1 Å². The first-order valence-electron chi connectivity index (χ1n) is 3.57. The van der Waals surface area contributed by atoms with Crippen molar-refractivity contribution in [3.8, 4) is 0 Å². The fourth-order valence-corrected chi connectivity index (χ4v) is 2.62. The minimum atomic E-state index is 1.01. The van der Waals surface area contributed by atoms with Crippen LogP contribution >= 0.6 is 46.7 Å². The van der Waals surface area contributed by atoms with E-state index in [1.807, 2.05) is 35.7 Å². The number of rotatable bonds is 7. The lowest BCUT2D eigenvalue weighted by Crippen LogP contribution is -1.85. The van der Waals surface area contributed by atoms with Crippen LogP contribution in [-0.2, 0) is 0 Å². The molecule has 0 aromatic heterocycles. The number of hydrogen-bond donors (Lipinski definition) is 0. The summed E-state index contributed by atoms with van der Waals surface area (Å²) in [5.74, 6) is 4.36. The van der Waals surface area contributed by atoms with E-state index >= 15 is 0 Å². The summed E-state index contributed by atoms with van der Waals surface area (Å²) in [4.78, 5) is 0. The van der Waals surface area contributed by atoms with Crippen LogP contribution in [0.4, 0.5) is 0 Å². The molecule has 0 nitrogen and oxygen atoms in total. The Morgan fingerprint density at radius 2 is 1.25 bits per heavy atom. The molecule has 0 rings (SSSR count). The van der Waals surface area contributed by atoms with E-state index in [0.29, 0.717) is 0 Å². The number of hydrogen-bond acceptors (Lipinski definition) is 2. The second-order valence-corrected chi connectivity index (χ2v) is 4.68. The van der Waals surface area contributed by atoms with Crippen molar-refractivity contribution in [3.05, 3.63) is 23.2 Å². The summed E-state index contributed by atoms with van der Waals surface area (Å²) < 4.78 is 0. The molecule has 0 aromatic rings. The molecular formula is C8H12Cl2S2. The molecule has 0 atom stereocenters. The van der Waals surface area contributed by atoms with Gasteiger partial charge >= 0.3 is 0 Å². The zero-order chi connectivity index (χ0) is 9.07. The minimum Gasteiger partial charge on any atom is -0.157 e. The minimum absolute atomic E-state index is 1.01. The normalized spacial score (nSPS) is 11.8. The maximum Gasteiger partial charge on any atom is 0.0125 e. The van der Waals surface area contributed by atoms with Crippen molar-refractivity contribution in [3.63, 3.8) is 0 Å². The summed E-state index contributed by atoms with van der Waals surface area (Å²) in [6, 6.07) is 0. The molecular weight excluding hydrogens is 231 g/mol. The van der Waals surface area contributed by atoms with Gasteiger partial charge in [0.2, 0.25) is 0 Å². The lowest BCUT2D eigenvalue weighted by atomic mass is 10.8. The largest absolute Gasteiger partial charge is 0.157 e. The fraction of sp³-hybridized carbons (Fsp3) is 0.500. The molecule has 0 spiro atoms. The summed E-state index contributed by atoms with van der Waals surface area (Å²) in [6.45, 7) is 0. The molecule has 0 unspecified atom stereocenters. The van der Waals surface area contributed by atoms with Crippen LogP contribution in [0, 0.1) is 0 Å². The van der Waals surface area contributed by atoms with Gasteiger partial charge in [0.15, 0.2) is 0 Å². The third-order valence-corrected chi connectivity index (χ3v) is 3.44. The molecule has 0 saturated heterocycles. The monoisotopic (exact) mass is 242 g/mol. The highest BCUT2D eigenvalue weighted by Gasteiger charge is 1.86. The van der Waals surface area contributed by atoms with Crippen LogP contribution in [0.25, 0.3) is 0 Å². The van der Waals surface area contributed by atoms with Gasteiger partial charge in [0.25, 0.3) is 0 Å². The Hall–Kier alpha value is 0.760. The quantitative estimate of drug-likeness (QED) is 0.621. The third-order valence-electron chi connectivity index (χ3n) is 0.978. The summed E-state index contributed by atoms with van der Waals surface area (Å²) in [5, 5.41) is 0. The number of thioether (sulfide) groups is 2. The Kier molecular flexibility index (Phi) is 12.5. The molecule has 0 aliphatic rings. The average molecular weight is 243 g/mol. The van der Waals surface area contributed by atoms with E-state index < -0.39 is 0 Å². The lowest BCUT2D eigenvalue weighted by Gasteiger charge is -1.96. The van der Waals surface area contributed by atoms with Crippen LogP contribution in [0.15, 0.2) is 23.2 Å². The molecule has 0 saturated carbocycles. The van der Waals surface area contributed by atoms with Crippen LogP contribution in [0.2, 0.25) is 0 Å². The van der Waals surface area contributed by atoms with Gasteiger partial charge in [0.1, 0.15) is 0 Å². The maximum atomic E-state index is 5.36. The van der Waals surface area contributed by atoms with Gasteiger partial charge in [-0.05, 0) is 0 Å². The van der Waals surface area contributed by atoms with Crippen molar-refractivity contribution in [2.45, 2.75) is 0 Å². The Morgan fingerprint density at radius 1 is 0.833 bits per heavy atom. The van der Waals surface area contributed by atoms with Crippen molar-refractivity contribution in [1.82, 2.24) is 0 Å². The van der Waals surface area contributed by atoms with E-state index in [-0.39, 0.29) is 0 Å². The predicted molar refractivity (Wildman–Crippen MR) is 64.6 cm³/mol. The van der Waals surface area contributed by atoms with Crippen molar-refractivity contribution in [2.75, 3.05) is 23.0 Å². The molecule has 4 heteroatoms. The van der Waals surface area contributed by atoms with Crippen molar-refractivity contribution in [1.29, 1.82) is 0 Å². The predicted octanol–water partition coefficient (Wildman–Crippen LogP) is 3.96. The molecule has 70 valence electrons. The van der Waals surface area contributed by atoms with E-state index in [4.69, 9.17) is 23.2 Å². The van der Waals surface area contributed by atoms with Crippen molar-refractivity contribution >= 4 is 46.7 Å². The Balaban J connectivity index is 2.91. The van der Waals surface area contributed by atoms with Gasteiger partial charge in [-0.1, -0.05) is 35.4 Å². The van der Waals surface area contributed by atoms with Gasteiger partial charge in [-0.2, -0.15) is 23.5 Å². The average Bonchev–Trinajstić information content (AvgIpc) is 2.10. The maximum absolute atomic E-state index is 5.36. The van der Waals surface area contributed by atoms with E-state index in [0.717, 1.165) is 11.5 Å². The second kappa shape index (κ2) is 11.8. The van der Waals surface area contributed by atoms with E-state index in [9.17, 15) is 0 Å². The topological polar surface area (TPSA) is 0 Å². The Labute approximate surface area is 92.8 Å². The fourth-order valence-electron chi connectivity index (χ4n) is 0.493. The molecule has 12 heavy (non-hydrogen) atoms. The van der Waals surface area contributed by atoms with Gasteiger partial charge in [-0.15, -0.1) is 0 Å². The Morgan fingerprint density at radius 3 is 1.58 bits per heavy atom. The van der Waals surface area contributed by atoms with Crippen LogP contribution in [0.5, 0.6) is 0 Å². The van der Waals surface area contributed by atoms with Crippen LogP contribution in [0.3, 0.4) is 0 Å². The standard InChI is InChI=1S/C8H12Cl2S2/c9-3-1-5-11-7-8-12-6-2-4-10/h1-4H,5-8H2. The summed E-state index contributed by atoms with van der Waals surface area (Å²) in [7, 11) is 0. The first-order chi connectivity index (χ1) is 5.91. The Bertz CT molecular complexity index is 119. The molecule has 0 N–H and O–H groups in total. The molecule has 0 radical (unpaired) electrons. The number of halogens is 2. The lowest BCUT2D eigenvalue weighted by molar-refractivity contribution is 1.53. The zero-order valence-electron chi connectivity index (χ0n) is 6.71. The third kappa shape index (κ3) is 10.8. The first-order valence-corrected chi connectivity index (χ1v) is 6.76. The molecule has 0 aliphatic heterocycles. The first kappa shape index (κ1) is 12.8. The van der Waals surface area contributed by atoms with Crippen LogP contribution in [0.1, 0.15) is 0 Å². The highest BCUT2D eigenvalue weighted by Crippen LogP contribution is 2.07. The molecule has 0 aromatic carbocycles. The van der Waals surface area contributed by atoms with Gasteiger partial charge in [0.05, 0.1) is 0 Å². The summed E-state index contributed by atoms with van der Waals surface area (Å²) in [6.07, 6.45) is 3.91. The van der Waals surface area contributed by atoms with E-state index in [1.165, 1.54) is 11.5 Å². The molecule has 0 fully saturated rings. The molecule has 0 amide bonds. The second-order valence-electron chi connectivity index (χ2n) is 1.87. The van der Waals surface area contributed by atoms with Crippen LogP contribution < -0.4 is 0 Å². The van der Waals surface area contributed by atoms with Crippen molar-refractivity contribution < 1.29 is 0 Å². The highest BCUT2D eigenvalue weighted by atomic mass is 35.5. The molecule has 0 aliphatic carbocycles. The molecule has 0 bridgehead atoms. The molecule has 0 heterocycles. The highest BCUT2D eigenvalue weighted by molar-refractivity contribution is 8.03. The zero-order valence-corrected chi connectivity index (χ0v) is 9.86. The van der Waals surface area contributed by atoms with Gasteiger partial charge < -0.3 is 0 Å².